The molecule has 0 aromatic heterocycles. The third-order valence-corrected chi connectivity index (χ3v) is 2.73. The fraction of sp³-hybridized carbons (Fsp3) is 0.235. The van der Waals surface area contributed by atoms with E-state index in [9.17, 15) is 0 Å². The molecule has 0 aliphatic rings. The summed E-state index contributed by atoms with van der Waals surface area (Å²) in [6, 6.07) is 21.6. The maximum atomic E-state index is 8.89. The molecule has 20 heavy (non-hydrogen) atoms. The van der Waals surface area contributed by atoms with Crippen LogP contribution in [-0.2, 0) is 17.6 Å². The molecule has 0 spiro atoms. The van der Waals surface area contributed by atoms with Crippen LogP contribution in [0.25, 0.3) is 0 Å². The Hall–Kier alpha value is -2.13. The Morgan fingerprint density at radius 1 is 0.950 bits per heavy atom. The van der Waals surface area contributed by atoms with E-state index in [0.29, 0.717) is 6.04 Å². The summed E-state index contributed by atoms with van der Waals surface area (Å²) >= 11 is 0. The van der Waals surface area contributed by atoms with Crippen LogP contribution in [0, 0.1) is 0 Å². The van der Waals surface area contributed by atoms with Gasteiger partial charge in [0.1, 0.15) is 0 Å². The SMILES string of the molecule is CC(=O)[O-].[NH3+]C(Cc1ccccc1)Cc1ccccc1. The third kappa shape index (κ3) is 7.34. The van der Waals surface area contributed by atoms with E-state index in [1.165, 1.54) is 11.1 Å². The molecule has 0 saturated heterocycles. The van der Waals surface area contributed by atoms with E-state index >= 15 is 0 Å². The van der Waals surface area contributed by atoms with Gasteiger partial charge in [-0.3, -0.25) is 0 Å². The minimum absolute atomic E-state index is 0.449. The molecule has 0 heterocycles. The summed E-state index contributed by atoms with van der Waals surface area (Å²) in [5.74, 6) is -1.08. The predicted octanol–water partition coefficient (Wildman–Crippen LogP) is 0.839. The summed E-state index contributed by atoms with van der Waals surface area (Å²) in [6.07, 6.45) is 2.10. The van der Waals surface area contributed by atoms with Crippen molar-refractivity contribution in [2.75, 3.05) is 0 Å². The highest BCUT2D eigenvalue weighted by Crippen LogP contribution is 2.06. The molecule has 2 aromatic rings. The highest BCUT2D eigenvalue weighted by atomic mass is 16.4. The maximum Gasteiger partial charge on any atom is 0.0925 e. The van der Waals surface area contributed by atoms with E-state index in [1.807, 2.05) is 0 Å². The minimum Gasteiger partial charge on any atom is -0.550 e. The first kappa shape index (κ1) is 15.9. The van der Waals surface area contributed by atoms with Crippen molar-refractivity contribution < 1.29 is 15.6 Å². The lowest BCUT2D eigenvalue weighted by Gasteiger charge is -2.08. The van der Waals surface area contributed by atoms with Gasteiger partial charge in [0, 0.05) is 18.8 Å². The normalized spacial score (nSPS) is 9.75. The number of aliphatic carboxylic acids is 1. The van der Waals surface area contributed by atoms with E-state index in [4.69, 9.17) is 9.90 Å². The summed E-state index contributed by atoms with van der Waals surface area (Å²) in [4.78, 5) is 8.89. The van der Waals surface area contributed by atoms with Gasteiger partial charge in [-0.25, -0.2) is 0 Å². The Labute approximate surface area is 120 Å². The second kappa shape index (κ2) is 8.88. The molecule has 0 radical (unpaired) electrons. The van der Waals surface area contributed by atoms with Crippen LogP contribution in [0.4, 0.5) is 0 Å². The second-order valence-electron chi connectivity index (χ2n) is 4.74. The van der Waals surface area contributed by atoms with Gasteiger partial charge in [0.2, 0.25) is 0 Å². The summed E-state index contributed by atoms with van der Waals surface area (Å²) < 4.78 is 0. The average molecular weight is 271 g/mol. The van der Waals surface area contributed by atoms with Gasteiger partial charge in [-0.1, -0.05) is 60.7 Å². The minimum atomic E-state index is -1.08. The lowest BCUT2D eigenvalue weighted by Crippen LogP contribution is -2.63. The topological polar surface area (TPSA) is 67.8 Å². The van der Waals surface area contributed by atoms with Crippen molar-refractivity contribution in [3.8, 4) is 0 Å². The standard InChI is InChI=1S/C15H17N.C2H4O2/c16-15(11-13-7-3-1-4-8-13)12-14-9-5-2-6-10-14;1-2(3)4/h1-10,15H,11-12,16H2;1H3,(H,3,4). The van der Waals surface area contributed by atoms with Crippen molar-refractivity contribution in [2.24, 2.45) is 0 Å². The first-order valence-corrected chi connectivity index (χ1v) is 6.66. The molecule has 2 rings (SSSR count). The van der Waals surface area contributed by atoms with Crippen LogP contribution >= 0.6 is 0 Å². The molecule has 0 amide bonds. The van der Waals surface area contributed by atoms with Gasteiger partial charge >= 0.3 is 0 Å². The van der Waals surface area contributed by atoms with Crippen LogP contribution in [0.2, 0.25) is 0 Å². The van der Waals surface area contributed by atoms with Gasteiger partial charge in [0.15, 0.2) is 0 Å². The Balaban J connectivity index is 0.000000444. The molecule has 3 N–H and O–H groups in total. The number of hydrogen-bond donors (Lipinski definition) is 1. The van der Waals surface area contributed by atoms with Gasteiger partial charge in [-0.2, -0.15) is 0 Å². The third-order valence-electron chi connectivity index (χ3n) is 2.73. The Kier molecular flexibility index (Phi) is 7.07. The van der Waals surface area contributed by atoms with Crippen LogP contribution < -0.4 is 10.8 Å². The maximum absolute atomic E-state index is 8.89. The smallest absolute Gasteiger partial charge is 0.0925 e. The summed E-state index contributed by atoms with van der Waals surface area (Å²) in [7, 11) is 0. The largest absolute Gasteiger partial charge is 0.550 e. The molecule has 0 aliphatic carbocycles. The van der Waals surface area contributed by atoms with Gasteiger partial charge in [-0.15, -0.1) is 0 Å². The molecule has 0 saturated carbocycles. The highest BCUT2D eigenvalue weighted by Gasteiger charge is 2.07. The number of carbonyl (C=O) groups excluding carboxylic acids is 1. The molecular weight excluding hydrogens is 250 g/mol. The van der Waals surface area contributed by atoms with Crippen LogP contribution in [0.5, 0.6) is 0 Å². The van der Waals surface area contributed by atoms with Gasteiger partial charge in [0.05, 0.1) is 6.04 Å². The van der Waals surface area contributed by atoms with Crippen LogP contribution in [0.3, 0.4) is 0 Å². The number of carboxylic acid groups (broad SMARTS) is 1. The zero-order valence-electron chi connectivity index (χ0n) is 11.8. The van der Waals surface area contributed by atoms with E-state index in [-0.39, 0.29) is 0 Å². The van der Waals surface area contributed by atoms with E-state index in [2.05, 4.69) is 66.4 Å². The number of rotatable bonds is 4. The lowest BCUT2D eigenvalue weighted by atomic mass is 10.00. The lowest BCUT2D eigenvalue weighted by molar-refractivity contribution is -0.418. The zero-order chi connectivity index (χ0) is 14.8. The molecule has 106 valence electrons. The fourth-order valence-corrected chi connectivity index (χ4v) is 1.97. The van der Waals surface area contributed by atoms with Gasteiger partial charge < -0.3 is 15.6 Å². The first-order valence-electron chi connectivity index (χ1n) is 6.66. The molecule has 0 fully saturated rings. The molecule has 0 unspecified atom stereocenters. The number of carbonyl (C=O) groups is 1. The molecule has 3 nitrogen and oxygen atoms in total. The zero-order valence-corrected chi connectivity index (χ0v) is 11.8. The van der Waals surface area contributed by atoms with Crippen LogP contribution in [0.15, 0.2) is 60.7 Å². The van der Waals surface area contributed by atoms with Crippen molar-refractivity contribution in [2.45, 2.75) is 25.8 Å². The van der Waals surface area contributed by atoms with Gasteiger partial charge in [-0.05, 0) is 18.1 Å². The number of benzene rings is 2. The molecule has 2 aromatic carbocycles. The quantitative estimate of drug-likeness (QED) is 0.895. The highest BCUT2D eigenvalue weighted by molar-refractivity contribution is 5.60. The van der Waals surface area contributed by atoms with Crippen molar-refractivity contribution >= 4 is 5.97 Å². The molecule has 0 atom stereocenters. The predicted molar refractivity (Wildman–Crippen MR) is 77.6 cm³/mol. The monoisotopic (exact) mass is 271 g/mol. The number of hydrogen-bond acceptors (Lipinski definition) is 2. The number of quaternary nitrogens is 1. The Morgan fingerprint density at radius 3 is 1.55 bits per heavy atom. The Bertz CT molecular complexity index is 451. The van der Waals surface area contributed by atoms with Crippen molar-refractivity contribution in [1.82, 2.24) is 0 Å². The molecule has 0 bridgehead atoms. The summed E-state index contributed by atoms with van der Waals surface area (Å²) in [6.45, 7) is 0.972. The van der Waals surface area contributed by atoms with E-state index in [1.54, 1.807) is 0 Å². The molecule has 0 aliphatic heterocycles. The second-order valence-corrected chi connectivity index (χ2v) is 4.74. The van der Waals surface area contributed by atoms with Crippen LogP contribution in [0.1, 0.15) is 18.1 Å². The molecular formula is C17H21NO2. The van der Waals surface area contributed by atoms with Crippen LogP contribution in [-0.4, -0.2) is 12.0 Å². The molecule has 3 heteroatoms. The van der Waals surface area contributed by atoms with Crippen molar-refractivity contribution in [1.29, 1.82) is 0 Å². The van der Waals surface area contributed by atoms with E-state index < -0.39 is 5.97 Å². The average Bonchev–Trinajstić information content (AvgIpc) is 2.40. The van der Waals surface area contributed by atoms with E-state index in [0.717, 1.165) is 19.8 Å². The summed E-state index contributed by atoms with van der Waals surface area (Å²) in [5.41, 5.74) is 6.98. The summed E-state index contributed by atoms with van der Waals surface area (Å²) in [5, 5.41) is 8.89. The van der Waals surface area contributed by atoms with Crippen molar-refractivity contribution in [3.05, 3.63) is 71.8 Å². The first-order chi connectivity index (χ1) is 9.58. The van der Waals surface area contributed by atoms with Crippen molar-refractivity contribution in [3.63, 3.8) is 0 Å². The fourth-order valence-electron chi connectivity index (χ4n) is 1.97. The Morgan fingerprint density at radius 2 is 1.25 bits per heavy atom. The number of carboxylic acids is 1. The van der Waals surface area contributed by atoms with Gasteiger partial charge in [0.25, 0.3) is 0 Å².